The van der Waals surface area contributed by atoms with Gasteiger partial charge in [-0.1, -0.05) is 62.3 Å². The number of hydrogen-bond donors (Lipinski definition) is 1. The van der Waals surface area contributed by atoms with Gasteiger partial charge >= 0.3 is 0 Å². The maximum Gasteiger partial charge on any atom is 0.144 e. The van der Waals surface area contributed by atoms with Crippen molar-refractivity contribution in [2.24, 2.45) is 5.92 Å². The van der Waals surface area contributed by atoms with E-state index in [1.807, 2.05) is 18.2 Å². The summed E-state index contributed by atoms with van der Waals surface area (Å²) in [6.07, 6.45) is 4.97. The fraction of sp³-hybridized carbons (Fsp3) is 0.412. The predicted octanol–water partition coefficient (Wildman–Crippen LogP) is 5.86. The quantitative estimate of drug-likeness (QED) is 0.677. The van der Waals surface area contributed by atoms with Crippen LogP contribution in [0.1, 0.15) is 44.3 Å². The molecule has 0 spiro atoms. The van der Waals surface area contributed by atoms with Crippen LogP contribution in [0.2, 0.25) is 0 Å². The first kappa shape index (κ1) is 14.9. The number of H-pyrrole nitrogens is 1. The van der Waals surface area contributed by atoms with Crippen LogP contribution in [-0.2, 0) is 0 Å². The Bertz CT molecular complexity index is 673. The van der Waals surface area contributed by atoms with Crippen molar-refractivity contribution >= 4 is 28.1 Å². The maximum absolute atomic E-state index is 5.44. The molecule has 3 rings (SSSR count). The standard InChI is InChI=1S/C17H19BrN2S/c1-11-7-9-13(10-8-11)16-19-15(14(18)17(21)20-16)12-5-3-2-4-6-12/h2-6,11,13H,7-10H2,1H3,(H,19,20,21). The first-order valence-corrected chi connectivity index (χ1v) is 8.70. The molecule has 1 fully saturated rings. The lowest BCUT2D eigenvalue weighted by Gasteiger charge is -2.26. The zero-order valence-electron chi connectivity index (χ0n) is 12.1. The van der Waals surface area contributed by atoms with E-state index in [2.05, 4.69) is 45.0 Å². The highest BCUT2D eigenvalue weighted by atomic mass is 79.9. The molecule has 1 aliphatic rings. The van der Waals surface area contributed by atoms with Crippen molar-refractivity contribution in [3.05, 3.63) is 45.3 Å². The minimum Gasteiger partial charge on any atom is -0.342 e. The number of nitrogens with one attached hydrogen (secondary N) is 1. The summed E-state index contributed by atoms with van der Waals surface area (Å²) in [6, 6.07) is 10.3. The number of aromatic nitrogens is 2. The molecular formula is C17H19BrN2S. The molecule has 1 heterocycles. The van der Waals surface area contributed by atoms with E-state index >= 15 is 0 Å². The fourth-order valence-corrected chi connectivity index (χ4v) is 3.62. The highest BCUT2D eigenvalue weighted by Gasteiger charge is 2.22. The summed E-state index contributed by atoms with van der Waals surface area (Å²) in [6.45, 7) is 2.34. The van der Waals surface area contributed by atoms with E-state index in [0.717, 1.165) is 27.5 Å². The number of hydrogen-bond acceptors (Lipinski definition) is 2. The largest absolute Gasteiger partial charge is 0.342 e. The molecule has 21 heavy (non-hydrogen) atoms. The van der Waals surface area contributed by atoms with Crippen LogP contribution >= 0.6 is 28.1 Å². The number of benzene rings is 1. The summed E-state index contributed by atoms with van der Waals surface area (Å²) in [5.41, 5.74) is 2.19. The molecule has 110 valence electrons. The zero-order chi connectivity index (χ0) is 14.8. The number of nitrogens with zero attached hydrogens (tertiary/aromatic N) is 1. The van der Waals surface area contributed by atoms with Crippen molar-refractivity contribution in [2.75, 3.05) is 0 Å². The van der Waals surface area contributed by atoms with Gasteiger partial charge in [-0.3, -0.25) is 0 Å². The topological polar surface area (TPSA) is 28.7 Å². The average Bonchev–Trinajstić information content (AvgIpc) is 2.51. The molecule has 4 heteroatoms. The monoisotopic (exact) mass is 362 g/mol. The van der Waals surface area contributed by atoms with Crippen molar-refractivity contribution in [1.29, 1.82) is 0 Å². The SMILES string of the molecule is CC1CCC(c2nc(=S)c(Br)c(-c3ccccc3)[nH]2)CC1. The van der Waals surface area contributed by atoms with E-state index in [0.29, 0.717) is 10.6 Å². The molecule has 0 atom stereocenters. The Morgan fingerprint density at radius 1 is 1.14 bits per heavy atom. The lowest BCUT2D eigenvalue weighted by atomic mass is 9.82. The van der Waals surface area contributed by atoms with Crippen molar-refractivity contribution in [3.8, 4) is 11.3 Å². The van der Waals surface area contributed by atoms with Gasteiger partial charge in [-0.05, 0) is 40.3 Å². The lowest BCUT2D eigenvalue weighted by molar-refractivity contribution is 0.339. The van der Waals surface area contributed by atoms with E-state index in [1.165, 1.54) is 25.7 Å². The molecule has 0 saturated heterocycles. The zero-order valence-corrected chi connectivity index (χ0v) is 14.5. The van der Waals surface area contributed by atoms with Gasteiger partial charge in [-0.15, -0.1) is 0 Å². The Morgan fingerprint density at radius 3 is 2.48 bits per heavy atom. The molecule has 1 saturated carbocycles. The summed E-state index contributed by atoms with van der Waals surface area (Å²) < 4.78 is 1.54. The average molecular weight is 363 g/mol. The molecule has 0 radical (unpaired) electrons. The van der Waals surface area contributed by atoms with E-state index in [-0.39, 0.29) is 0 Å². The molecule has 1 aromatic heterocycles. The second kappa shape index (κ2) is 6.41. The lowest BCUT2D eigenvalue weighted by Crippen LogP contribution is -2.14. The highest BCUT2D eigenvalue weighted by molar-refractivity contribution is 9.10. The molecule has 0 bridgehead atoms. The smallest absolute Gasteiger partial charge is 0.144 e. The molecule has 2 aromatic rings. The summed E-state index contributed by atoms with van der Waals surface area (Å²) >= 11 is 9.03. The van der Waals surface area contributed by atoms with E-state index in [4.69, 9.17) is 12.2 Å². The molecule has 1 aromatic carbocycles. The van der Waals surface area contributed by atoms with Crippen LogP contribution in [0.4, 0.5) is 0 Å². The molecule has 1 aliphatic carbocycles. The van der Waals surface area contributed by atoms with Gasteiger partial charge in [-0.25, -0.2) is 4.98 Å². The van der Waals surface area contributed by atoms with Crippen LogP contribution in [0.25, 0.3) is 11.3 Å². The minimum atomic E-state index is 0.512. The fourth-order valence-electron chi connectivity index (χ4n) is 3.01. The molecule has 0 amide bonds. The summed E-state index contributed by atoms with van der Waals surface area (Å²) in [5.74, 6) is 2.40. The Balaban J connectivity index is 2.00. The maximum atomic E-state index is 5.44. The summed E-state index contributed by atoms with van der Waals surface area (Å²) in [4.78, 5) is 8.15. The van der Waals surface area contributed by atoms with E-state index < -0.39 is 0 Å². The Labute approximate surface area is 139 Å². The Hall–Kier alpha value is -1.00. The van der Waals surface area contributed by atoms with Crippen LogP contribution in [0.3, 0.4) is 0 Å². The number of halogens is 1. The first-order chi connectivity index (χ1) is 10.1. The summed E-state index contributed by atoms with van der Waals surface area (Å²) in [7, 11) is 0. The molecule has 2 nitrogen and oxygen atoms in total. The van der Waals surface area contributed by atoms with Gasteiger partial charge in [-0.2, -0.15) is 0 Å². The molecule has 0 unspecified atom stereocenters. The van der Waals surface area contributed by atoms with Crippen LogP contribution < -0.4 is 0 Å². The highest BCUT2D eigenvalue weighted by Crippen LogP contribution is 2.36. The Morgan fingerprint density at radius 2 is 1.81 bits per heavy atom. The van der Waals surface area contributed by atoms with Gasteiger partial charge in [0.15, 0.2) is 0 Å². The molecule has 1 N–H and O–H groups in total. The van der Waals surface area contributed by atoms with Crippen molar-refractivity contribution < 1.29 is 0 Å². The van der Waals surface area contributed by atoms with Gasteiger partial charge in [0, 0.05) is 5.92 Å². The third kappa shape index (κ3) is 3.27. The Kier molecular flexibility index (Phi) is 4.55. The third-order valence-electron chi connectivity index (χ3n) is 4.35. The van der Waals surface area contributed by atoms with Gasteiger partial charge in [0.2, 0.25) is 0 Å². The van der Waals surface area contributed by atoms with Gasteiger partial charge < -0.3 is 4.98 Å². The van der Waals surface area contributed by atoms with Crippen LogP contribution in [0.15, 0.2) is 34.8 Å². The number of rotatable bonds is 2. The summed E-state index contributed by atoms with van der Waals surface area (Å²) in [5, 5.41) is 0. The normalized spacial score (nSPS) is 22.2. The first-order valence-electron chi connectivity index (χ1n) is 7.50. The van der Waals surface area contributed by atoms with Gasteiger partial charge in [0.1, 0.15) is 10.5 Å². The third-order valence-corrected chi connectivity index (χ3v) is 5.68. The van der Waals surface area contributed by atoms with Crippen molar-refractivity contribution in [3.63, 3.8) is 0 Å². The van der Waals surface area contributed by atoms with Crippen LogP contribution in [-0.4, -0.2) is 9.97 Å². The van der Waals surface area contributed by atoms with E-state index in [1.54, 1.807) is 0 Å². The second-order valence-corrected chi connectivity index (χ2v) is 7.12. The van der Waals surface area contributed by atoms with Crippen LogP contribution in [0, 0.1) is 10.6 Å². The van der Waals surface area contributed by atoms with Crippen molar-refractivity contribution in [2.45, 2.75) is 38.5 Å². The van der Waals surface area contributed by atoms with E-state index in [9.17, 15) is 0 Å². The number of aromatic amines is 1. The van der Waals surface area contributed by atoms with Crippen molar-refractivity contribution in [1.82, 2.24) is 9.97 Å². The van der Waals surface area contributed by atoms with Gasteiger partial charge in [0.25, 0.3) is 0 Å². The molecule has 0 aliphatic heterocycles. The molecular weight excluding hydrogens is 344 g/mol. The predicted molar refractivity (Wildman–Crippen MR) is 92.9 cm³/mol. The van der Waals surface area contributed by atoms with Crippen LogP contribution in [0.5, 0.6) is 0 Å². The van der Waals surface area contributed by atoms with Gasteiger partial charge in [0.05, 0.1) is 10.2 Å². The second-order valence-electron chi connectivity index (χ2n) is 5.94. The minimum absolute atomic E-state index is 0.512.